The quantitative estimate of drug-likeness (QED) is 0.279. The highest BCUT2D eigenvalue weighted by Crippen LogP contribution is 2.27. The van der Waals surface area contributed by atoms with Crippen LogP contribution in [0.25, 0.3) is 0 Å². The molecule has 2 rings (SSSR count). The van der Waals surface area contributed by atoms with Gasteiger partial charge in [0.15, 0.2) is 14.9 Å². The van der Waals surface area contributed by atoms with Gasteiger partial charge in [-0.15, -0.1) is 0 Å². The van der Waals surface area contributed by atoms with E-state index in [-0.39, 0.29) is 27.6 Å². The monoisotopic (exact) mass is 530 g/mol. The molecule has 0 heterocycles. The van der Waals surface area contributed by atoms with Crippen LogP contribution in [0.4, 0.5) is 5.69 Å². The summed E-state index contributed by atoms with van der Waals surface area (Å²) in [5, 5.41) is 6.71. The number of carbonyl (C=O) groups excluding carboxylic acids is 1. The molecule has 0 saturated carbocycles. The molecule has 6 nitrogen and oxygen atoms in total. The summed E-state index contributed by atoms with van der Waals surface area (Å²) in [5.41, 5.74) is 0.599. The molecule has 0 aliphatic heterocycles. The molecule has 0 spiro atoms. The second kappa shape index (κ2) is 13.1. The molecule has 180 valence electrons. The zero-order chi connectivity index (χ0) is 24.4. The van der Waals surface area contributed by atoms with Crippen LogP contribution in [0, 0.1) is 5.92 Å². The molecule has 2 aromatic carbocycles. The van der Waals surface area contributed by atoms with Crippen molar-refractivity contribution in [2.24, 2.45) is 5.92 Å². The number of unbranched alkanes of at least 4 members (excludes halogenated alkanes) is 2. The highest BCUT2D eigenvalue weighted by atomic mass is 35.5. The van der Waals surface area contributed by atoms with Gasteiger partial charge in [0.1, 0.15) is 5.75 Å². The first-order valence-electron chi connectivity index (χ1n) is 10.6. The number of nitrogens with one attached hydrogen (secondary N) is 2. The highest BCUT2D eigenvalue weighted by Gasteiger charge is 2.16. The Morgan fingerprint density at radius 2 is 1.76 bits per heavy atom. The van der Waals surface area contributed by atoms with Crippen LogP contribution < -0.4 is 15.4 Å². The van der Waals surface area contributed by atoms with Crippen molar-refractivity contribution in [3.8, 4) is 5.75 Å². The Labute approximate surface area is 210 Å². The average Bonchev–Trinajstić information content (AvgIpc) is 2.71. The minimum atomic E-state index is -3.31. The fourth-order valence-electron chi connectivity index (χ4n) is 2.97. The number of ether oxygens (including phenoxy) is 1. The second-order valence-corrected chi connectivity index (χ2v) is 11.2. The van der Waals surface area contributed by atoms with Gasteiger partial charge in [0.2, 0.25) is 5.91 Å². The first kappa shape index (κ1) is 27.4. The smallest absolute Gasteiger partial charge is 0.226 e. The Morgan fingerprint density at radius 1 is 1.06 bits per heavy atom. The summed E-state index contributed by atoms with van der Waals surface area (Å²) < 4.78 is 30.1. The number of amides is 1. The van der Waals surface area contributed by atoms with E-state index in [4.69, 9.17) is 40.2 Å². The van der Waals surface area contributed by atoms with E-state index in [9.17, 15) is 13.2 Å². The summed E-state index contributed by atoms with van der Waals surface area (Å²) in [5.74, 6) is 0.533. The number of hydrogen-bond donors (Lipinski definition) is 2. The van der Waals surface area contributed by atoms with Crippen molar-refractivity contribution in [2.75, 3.05) is 17.7 Å². The molecule has 0 aliphatic rings. The predicted molar refractivity (Wildman–Crippen MR) is 138 cm³/mol. The van der Waals surface area contributed by atoms with E-state index in [1.165, 1.54) is 12.1 Å². The molecule has 1 amide bonds. The van der Waals surface area contributed by atoms with E-state index in [0.29, 0.717) is 40.9 Å². The van der Waals surface area contributed by atoms with Gasteiger partial charge in [0.05, 0.1) is 22.3 Å². The fourth-order valence-corrected chi connectivity index (χ4v) is 5.29. The maximum Gasteiger partial charge on any atom is 0.226 e. The number of benzene rings is 2. The van der Waals surface area contributed by atoms with Crippen molar-refractivity contribution in [3.05, 3.63) is 52.5 Å². The molecule has 0 unspecified atom stereocenters. The van der Waals surface area contributed by atoms with Crippen molar-refractivity contribution >= 4 is 62.0 Å². The Hall–Kier alpha value is -1.87. The van der Waals surface area contributed by atoms with Gasteiger partial charge in [-0.05, 0) is 79.9 Å². The van der Waals surface area contributed by atoms with Gasteiger partial charge >= 0.3 is 0 Å². The largest absolute Gasteiger partial charge is 0.492 e. The lowest BCUT2D eigenvalue weighted by atomic mass is 10.2. The summed E-state index contributed by atoms with van der Waals surface area (Å²) >= 11 is 17.1. The first-order valence-corrected chi connectivity index (χ1v) is 13.4. The Bertz CT molecular complexity index is 1060. The maximum absolute atomic E-state index is 12.3. The zero-order valence-electron chi connectivity index (χ0n) is 18.6. The number of halogens is 2. The Balaban J connectivity index is 1.66. The molecule has 0 fully saturated rings. The van der Waals surface area contributed by atoms with Crippen LogP contribution >= 0.6 is 35.4 Å². The standard InChI is InChI=1S/C23H28Cl2N2O4S2/c1-16(2)15-33(29,30)19-10-8-18(9-11-19)26-23(32)27-22(28)6-4-3-5-13-31-21-12-7-17(24)14-20(21)25/h7-12,14,16H,3-6,13,15H2,1-2H3,(H2,26,27,28,32). The lowest BCUT2D eigenvalue weighted by molar-refractivity contribution is -0.119. The van der Waals surface area contributed by atoms with Gasteiger partial charge in [0.25, 0.3) is 0 Å². The minimum Gasteiger partial charge on any atom is -0.492 e. The maximum atomic E-state index is 12.3. The van der Waals surface area contributed by atoms with Crippen LogP contribution in [0.15, 0.2) is 47.4 Å². The van der Waals surface area contributed by atoms with E-state index in [2.05, 4.69) is 10.6 Å². The SMILES string of the molecule is CC(C)CS(=O)(=O)c1ccc(NC(=S)NC(=O)CCCCCOc2ccc(Cl)cc2Cl)cc1. The summed E-state index contributed by atoms with van der Waals surface area (Å²) in [6.45, 7) is 4.21. The molecule has 0 atom stereocenters. The number of carbonyl (C=O) groups is 1. The number of anilines is 1. The lowest BCUT2D eigenvalue weighted by Crippen LogP contribution is -2.33. The molecule has 0 radical (unpaired) electrons. The van der Waals surface area contributed by atoms with E-state index >= 15 is 0 Å². The van der Waals surface area contributed by atoms with E-state index in [1.807, 2.05) is 13.8 Å². The van der Waals surface area contributed by atoms with Crippen molar-refractivity contribution in [3.63, 3.8) is 0 Å². The van der Waals surface area contributed by atoms with Crippen LogP contribution in [0.3, 0.4) is 0 Å². The summed E-state index contributed by atoms with van der Waals surface area (Å²) in [4.78, 5) is 12.3. The van der Waals surface area contributed by atoms with Crippen molar-refractivity contribution < 1.29 is 17.9 Å². The number of thiocarbonyl (C=S) groups is 1. The average molecular weight is 532 g/mol. The Kier molecular flexibility index (Phi) is 10.9. The molecule has 2 N–H and O–H groups in total. The third-order valence-electron chi connectivity index (χ3n) is 4.48. The molecular weight excluding hydrogens is 503 g/mol. The molecule has 0 saturated heterocycles. The summed E-state index contributed by atoms with van der Waals surface area (Å²) in [7, 11) is -3.31. The number of sulfone groups is 1. The van der Waals surface area contributed by atoms with Gasteiger partial charge in [-0.2, -0.15) is 0 Å². The third-order valence-corrected chi connectivity index (χ3v) is 7.31. The molecule has 0 bridgehead atoms. The zero-order valence-corrected chi connectivity index (χ0v) is 21.7. The van der Waals surface area contributed by atoms with Gasteiger partial charge in [-0.25, -0.2) is 8.42 Å². The normalized spacial score (nSPS) is 11.3. The molecule has 0 aromatic heterocycles. The van der Waals surface area contributed by atoms with Gasteiger partial charge in [0, 0.05) is 17.1 Å². The van der Waals surface area contributed by atoms with Gasteiger partial charge < -0.3 is 15.4 Å². The van der Waals surface area contributed by atoms with Crippen LogP contribution in [-0.4, -0.2) is 31.8 Å². The number of rotatable bonds is 11. The topological polar surface area (TPSA) is 84.5 Å². The lowest BCUT2D eigenvalue weighted by Gasteiger charge is -2.11. The first-order chi connectivity index (χ1) is 15.6. The van der Waals surface area contributed by atoms with E-state index in [0.717, 1.165) is 12.8 Å². The van der Waals surface area contributed by atoms with Crippen LogP contribution in [0.5, 0.6) is 5.75 Å². The van der Waals surface area contributed by atoms with Crippen LogP contribution in [0.1, 0.15) is 39.5 Å². The van der Waals surface area contributed by atoms with Gasteiger partial charge in [-0.3, -0.25) is 4.79 Å². The highest BCUT2D eigenvalue weighted by molar-refractivity contribution is 7.91. The van der Waals surface area contributed by atoms with Crippen molar-refractivity contribution in [1.82, 2.24) is 5.32 Å². The molecule has 2 aromatic rings. The number of hydrogen-bond acceptors (Lipinski definition) is 5. The molecule has 0 aliphatic carbocycles. The summed E-state index contributed by atoms with van der Waals surface area (Å²) in [6.07, 6.45) is 2.61. The van der Waals surface area contributed by atoms with Crippen molar-refractivity contribution in [2.45, 2.75) is 44.4 Å². The second-order valence-electron chi connectivity index (χ2n) is 7.94. The van der Waals surface area contributed by atoms with E-state index < -0.39 is 9.84 Å². The van der Waals surface area contributed by atoms with E-state index in [1.54, 1.807) is 30.3 Å². The molecule has 33 heavy (non-hydrogen) atoms. The van der Waals surface area contributed by atoms with Crippen molar-refractivity contribution in [1.29, 1.82) is 0 Å². The van der Waals surface area contributed by atoms with Crippen LogP contribution in [-0.2, 0) is 14.6 Å². The fraction of sp³-hybridized carbons (Fsp3) is 0.391. The molecular formula is C23H28Cl2N2O4S2. The Morgan fingerprint density at radius 3 is 2.39 bits per heavy atom. The molecule has 10 heteroatoms. The van der Waals surface area contributed by atoms with Crippen LogP contribution in [0.2, 0.25) is 10.0 Å². The predicted octanol–water partition coefficient (Wildman–Crippen LogP) is 5.88. The van der Waals surface area contributed by atoms with Gasteiger partial charge in [-0.1, -0.05) is 37.0 Å². The summed E-state index contributed by atoms with van der Waals surface area (Å²) in [6, 6.07) is 11.4. The third kappa shape index (κ3) is 9.88. The minimum absolute atomic E-state index is 0.0464.